The van der Waals surface area contributed by atoms with Crippen LogP contribution in [-0.2, 0) is 11.3 Å². The van der Waals surface area contributed by atoms with Crippen LogP contribution in [0.2, 0.25) is 0 Å². The first-order valence-corrected chi connectivity index (χ1v) is 7.13. The van der Waals surface area contributed by atoms with Crippen molar-refractivity contribution in [1.82, 2.24) is 9.88 Å². The van der Waals surface area contributed by atoms with E-state index in [0.717, 1.165) is 5.56 Å². The number of carbonyl (C=O) groups excluding carboxylic acids is 3. The third kappa shape index (κ3) is 2.68. The van der Waals surface area contributed by atoms with Crippen molar-refractivity contribution < 1.29 is 14.4 Å². The molecule has 3 rings (SSSR count). The van der Waals surface area contributed by atoms with E-state index >= 15 is 0 Å². The van der Waals surface area contributed by atoms with E-state index < -0.39 is 0 Å². The van der Waals surface area contributed by atoms with Crippen molar-refractivity contribution in [3.8, 4) is 0 Å². The van der Waals surface area contributed by atoms with Gasteiger partial charge in [0, 0.05) is 17.5 Å². The normalized spacial score (nSPS) is 13.1. The lowest BCUT2D eigenvalue weighted by atomic mass is 10.1. The van der Waals surface area contributed by atoms with Crippen LogP contribution in [0.3, 0.4) is 0 Å². The molecule has 2 aromatic rings. The van der Waals surface area contributed by atoms with Crippen LogP contribution in [0.15, 0.2) is 29.6 Å². The fraction of sp³-hybridized carbons (Fsp3) is 0.143. The van der Waals surface area contributed by atoms with Crippen LogP contribution in [0.4, 0.5) is 5.13 Å². The van der Waals surface area contributed by atoms with Crippen molar-refractivity contribution in [1.29, 1.82) is 0 Å². The molecule has 1 aromatic carbocycles. The Kier molecular flexibility index (Phi) is 3.49. The summed E-state index contributed by atoms with van der Waals surface area (Å²) in [5.41, 5.74) is 1.84. The van der Waals surface area contributed by atoms with Crippen molar-refractivity contribution >= 4 is 34.6 Å². The van der Waals surface area contributed by atoms with Gasteiger partial charge in [0.15, 0.2) is 11.4 Å². The second-order valence-electron chi connectivity index (χ2n) is 4.56. The molecule has 0 bridgehead atoms. The van der Waals surface area contributed by atoms with Gasteiger partial charge in [-0.25, -0.2) is 4.98 Å². The Morgan fingerprint density at radius 3 is 2.95 bits per heavy atom. The number of fused-ring (bicyclic) bond motifs is 1. The van der Waals surface area contributed by atoms with Gasteiger partial charge in [0.1, 0.15) is 12.2 Å². The molecule has 1 N–H and O–H groups in total. The van der Waals surface area contributed by atoms with E-state index in [1.54, 1.807) is 17.5 Å². The fourth-order valence-corrected chi connectivity index (χ4v) is 2.84. The first kappa shape index (κ1) is 13.4. The molecule has 0 saturated carbocycles. The topological polar surface area (TPSA) is 79.4 Å². The summed E-state index contributed by atoms with van der Waals surface area (Å²) in [7, 11) is 0. The van der Waals surface area contributed by atoms with Crippen molar-refractivity contribution in [2.24, 2.45) is 0 Å². The molecule has 0 radical (unpaired) electrons. The van der Waals surface area contributed by atoms with E-state index in [0.29, 0.717) is 23.5 Å². The number of nitrogens with zero attached hydrogens (tertiary/aromatic N) is 2. The van der Waals surface area contributed by atoms with E-state index in [9.17, 15) is 14.4 Å². The second-order valence-corrected chi connectivity index (χ2v) is 5.42. The molecule has 0 unspecified atom stereocenters. The Balaban J connectivity index is 1.64. The number of aromatic nitrogens is 1. The number of carbonyl (C=O) groups is 3. The lowest BCUT2D eigenvalue weighted by Gasteiger charge is -2.14. The summed E-state index contributed by atoms with van der Waals surface area (Å²) in [5, 5.41) is 4.49. The van der Waals surface area contributed by atoms with Gasteiger partial charge >= 0.3 is 0 Å². The van der Waals surface area contributed by atoms with Crippen LogP contribution >= 0.6 is 11.3 Å². The number of hydrogen-bond donors (Lipinski definition) is 1. The summed E-state index contributed by atoms with van der Waals surface area (Å²) in [6, 6.07) is 7.30. The molecule has 0 spiro atoms. The Labute approximate surface area is 124 Å². The summed E-state index contributed by atoms with van der Waals surface area (Å²) in [6.07, 6.45) is 0.618. The zero-order chi connectivity index (χ0) is 14.8. The summed E-state index contributed by atoms with van der Waals surface area (Å²) < 4.78 is 0. The van der Waals surface area contributed by atoms with Gasteiger partial charge < -0.3 is 10.2 Å². The average molecular weight is 301 g/mol. The predicted octanol–water partition coefficient (Wildman–Crippen LogP) is 1.55. The molecule has 0 atom stereocenters. The van der Waals surface area contributed by atoms with Crippen LogP contribution < -0.4 is 5.32 Å². The van der Waals surface area contributed by atoms with Gasteiger partial charge in [-0.3, -0.25) is 14.4 Å². The Morgan fingerprint density at radius 1 is 1.43 bits per heavy atom. The third-order valence-corrected chi connectivity index (χ3v) is 3.90. The highest BCUT2D eigenvalue weighted by molar-refractivity contribution is 7.14. The van der Waals surface area contributed by atoms with Crippen molar-refractivity contribution in [3.05, 3.63) is 46.5 Å². The van der Waals surface area contributed by atoms with Crippen LogP contribution in [0, 0.1) is 0 Å². The second kappa shape index (κ2) is 5.45. The number of nitrogens with one attached hydrogen (secondary N) is 1. The molecule has 106 valence electrons. The van der Waals surface area contributed by atoms with Crippen LogP contribution in [0.5, 0.6) is 0 Å². The number of rotatable bonds is 4. The maximum atomic E-state index is 12.1. The van der Waals surface area contributed by atoms with Crippen LogP contribution in [0.1, 0.15) is 26.4 Å². The number of thiazole rings is 1. The monoisotopic (exact) mass is 301 g/mol. The van der Waals surface area contributed by atoms with Gasteiger partial charge in [0.25, 0.3) is 5.91 Å². The summed E-state index contributed by atoms with van der Waals surface area (Å²) >= 11 is 1.17. The number of benzene rings is 1. The maximum absolute atomic E-state index is 12.1. The first-order chi connectivity index (χ1) is 10.2. The minimum Gasteiger partial charge on any atom is -0.325 e. The molecule has 7 heteroatoms. The van der Waals surface area contributed by atoms with Gasteiger partial charge in [-0.15, -0.1) is 11.3 Å². The molecule has 0 fully saturated rings. The molecule has 6 nitrogen and oxygen atoms in total. The number of anilines is 1. The van der Waals surface area contributed by atoms with Crippen molar-refractivity contribution in [2.45, 2.75) is 6.54 Å². The zero-order valence-corrected chi connectivity index (χ0v) is 11.7. The first-order valence-electron chi connectivity index (χ1n) is 6.25. The van der Waals surface area contributed by atoms with E-state index in [1.807, 2.05) is 12.1 Å². The van der Waals surface area contributed by atoms with Crippen LogP contribution in [0.25, 0.3) is 0 Å². The summed E-state index contributed by atoms with van der Waals surface area (Å²) in [5.74, 6) is -0.476. The number of hydrogen-bond acceptors (Lipinski definition) is 5. The summed E-state index contributed by atoms with van der Waals surface area (Å²) in [6.45, 7) is 0.392. The SMILES string of the molecule is O=Cc1csc(NC(=O)CN2Cc3ccccc3C2=O)n1. The Morgan fingerprint density at radius 2 is 2.24 bits per heavy atom. The number of aldehydes is 1. The van der Waals surface area contributed by atoms with E-state index in [4.69, 9.17) is 0 Å². The Bertz CT molecular complexity index is 726. The fourth-order valence-electron chi connectivity index (χ4n) is 2.17. The lowest BCUT2D eigenvalue weighted by Crippen LogP contribution is -2.33. The van der Waals surface area contributed by atoms with E-state index in [1.165, 1.54) is 16.2 Å². The smallest absolute Gasteiger partial charge is 0.254 e. The van der Waals surface area contributed by atoms with E-state index in [2.05, 4.69) is 10.3 Å². The Hall–Kier alpha value is -2.54. The highest BCUT2D eigenvalue weighted by atomic mass is 32.1. The third-order valence-electron chi connectivity index (χ3n) is 3.12. The molecular weight excluding hydrogens is 290 g/mol. The lowest BCUT2D eigenvalue weighted by molar-refractivity contribution is -0.116. The minimum absolute atomic E-state index is 0.0382. The molecule has 21 heavy (non-hydrogen) atoms. The molecule has 1 aliphatic rings. The maximum Gasteiger partial charge on any atom is 0.254 e. The molecule has 0 aliphatic carbocycles. The van der Waals surface area contributed by atoms with Crippen molar-refractivity contribution in [3.63, 3.8) is 0 Å². The standard InChI is InChI=1S/C14H11N3O3S/c18-7-10-8-21-14(15-10)16-12(19)6-17-5-9-3-1-2-4-11(9)13(17)20/h1-4,7-8H,5-6H2,(H,15,16,19). The molecular formula is C14H11N3O3S. The van der Waals surface area contributed by atoms with Gasteiger partial charge in [-0.05, 0) is 11.6 Å². The van der Waals surface area contributed by atoms with Crippen LogP contribution in [-0.4, -0.2) is 34.5 Å². The highest BCUT2D eigenvalue weighted by Crippen LogP contribution is 2.22. The molecule has 2 amide bonds. The minimum atomic E-state index is -0.331. The zero-order valence-electron chi connectivity index (χ0n) is 10.9. The quantitative estimate of drug-likeness (QED) is 0.869. The van der Waals surface area contributed by atoms with Gasteiger partial charge in [-0.1, -0.05) is 18.2 Å². The highest BCUT2D eigenvalue weighted by Gasteiger charge is 2.28. The summed E-state index contributed by atoms with van der Waals surface area (Å²) in [4.78, 5) is 40.0. The molecule has 1 aliphatic heterocycles. The molecule has 2 heterocycles. The largest absolute Gasteiger partial charge is 0.325 e. The van der Waals surface area contributed by atoms with Gasteiger partial charge in [0.2, 0.25) is 5.91 Å². The molecule has 1 aromatic heterocycles. The van der Waals surface area contributed by atoms with E-state index in [-0.39, 0.29) is 24.1 Å². The van der Waals surface area contributed by atoms with Gasteiger partial charge in [-0.2, -0.15) is 0 Å². The predicted molar refractivity (Wildman–Crippen MR) is 77.3 cm³/mol. The van der Waals surface area contributed by atoms with Crippen molar-refractivity contribution in [2.75, 3.05) is 11.9 Å². The van der Waals surface area contributed by atoms with Gasteiger partial charge in [0.05, 0.1) is 0 Å². The average Bonchev–Trinajstić information content (AvgIpc) is 3.05. The number of amides is 2. The molecule has 0 saturated heterocycles.